The van der Waals surface area contributed by atoms with Crippen LogP contribution < -0.4 is 0 Å². The Kier molecular flexibility index (Phi) is 2.92. The molecule has 4 nitrogen and oxygen atoms in total. The van der Waals surface area contributed by atoms with Crippen molar-refractivity contribution in [1.82, 2.24) is 0 Å². The van der Waals surface area contributed by atoms with Crippen molar-refractivity contribution in [2.45, 2.75) is 25.2 Å². The molecule has 0 heterocycles. The van der Waals surface area contributed by atoms with E-state index in [9.17, 15) is 10.1 Å². The van der Waals surface area contributed by atoms with Gasteiger partial charge in [0, 0.05) is 23.7 Å². The summed E-state index contributed by atoms with van der Waals surface area (Å²) in [5, 5.41) is 10.9. The third-order valence-corrected chi connectivity index (χ3v) is 3.11. The van der Waals surface area contributed by atoms with Gasteiger partial charge in [-0.05, 0) is 19.8 Å². The molecule has 1 fully saturated rings. The standard InChI is InChI=1S/C12H15NO3/c1-2-16-9-12(7-8-12)10-5-3-4-6-11(10)13(14)15/h3-6H,2,7-9H2,1H3. The maximum atomic E-state index is 10.9. The van der Waals surface area contributed by atoms with Gasteiger partial charge in [-0.3, -0.25) is 10.1 Å². The molecule has 0 bridgehead atoms. The molecular formula is C12H15NO3. The number of rotatable bonds is 5. The second kappa shape index (κ2) is 4.22. The van der Waals surface area contributed by atoms with Crippen LogP contribution in [0, 0.1) is 10.1 Å². The highest BCUT2D eigenvalue weighted by Crippen LogP contribution is 2.51. The lowest BCUT2D eigenvalue weighted by atomic mass is 9.95. The molecule has 1 aromatic rings. The van der Waals surface area contributed by atoms with E-state index in [0.29, 0.717) is 13.2 Å². The van der Waals surface area contributed by atoms with Gasteiger partial charge in [-0.1, -0.05) is 18.2 Å². The lowest BCUT2D eigenvalue weighted by Gasteiger charge is -2.15. The summed E-state index contributed by atoms with van der Waals surface area (Å²) >= 11 is 0. The highest BCUT2D eigenvalue weighted by atomic mass is 16.6. The van der Waals surface area contributed by atoms with Crippen molar-refractivity contribution in [3.63, 3.8) is 0 Å². The van der Waals surface area contributed by atoms with Crippen molar-refractivity contribution in [3.8, 4) is 0 Å². The van der Waals surface area contributed by atoms with Crippen molar-refractivity contribution in [2.24, 2.45) is 0 Å². The van der Waals surface area contributed by atoms with Crippen molar-refractivity contribution >= 4 is 5.69 Å². The fraction of sp³-hybridized carbons (Fsp3) is 0.500. The topological polar surface area (TPSA) is 52.4 Å². The quantitative estimate of drug-likeness (QED) is 0.567. The SMILES string of the molecule is CCOCC1(c2ccccc2[N+](=O)[O-])CC1. The molecule has 1 aliphatic rings. The van der Waals surface area contributed by atoms with Gasteiger partial charge in [0.2, 0.25) is 0 Å². The zero-order chi connectivity index (χ0) is 11.6. The Hall–Kier alpha value is -1.42. The first-order valence-electron chi connectivity index (χ1n) is 5.51. The van der Waals surface area contributed by atoms with Gasteiger partial charge in [-0.2, -0.15) is 0 Å². The first kappa shape index (κ1) is 11.1. The first-order chi connectivity index (χ1) is 7.69. The molecule has 1 aromatic carbocycles. The molecule has 0 saturated heterocycles. The molecule has 0 radical (unpaired) electrons. The van der Waals surface area contributed by atoms with E-state index in [1.54, 1.807) is 12.1 Å². The number of nitro groups is 1. The molecule has 16 heavy (non-hydrogen) atoms. The van der Waals surface area contributed by atoms with Gasteiger partial charge in [-0.15, -0.1) is 0 Å². The Morgan fingerprint density at radius 3 is 2.69 bits per heavy atom. The van der Waals surface area contributed by atoms with Gasteiger partial charge >= 0.3 is 0 Å². The number of nitrogens with zero attached hydrogens (tertiary/aromatic N) is 1. The number of benzene rings is 1. The second-order valence-electron chi connectivity index (χ2n) is 4.19. The van der Waals surface area contributed by atoms with E-state index in [4.69, 9.17) is 4.74 Å². The zero-order valence-corrected chi connectivity index (χ0v) is 9.31. The molecule has 0 unspecified atom stereocenters. The molecule has 0 atom stereocenters. The van der Waals surface area contributed by atoms with E-state index < -0.39 is 0 Å². The van der Waals surface area contributed by atoms with Crippen molar-refractivity contribution in [2.75, 3.05) is 13.2 Å². The van der Waals surface area contributed by atoms with Crippen molar-refractivity contribution in [3.05, 3.63) is 39.9 Å². The minimum atomic E-state index is -0.304. The number of ether oxygens (including phenoxy) is 1. The van der Waals surface area contributed by atoms with Gasteiger partial charge in [0.05, 0.1) is 11.5 Å². The average Bonchev–Trinajstić information content (AvgIpc) is 3.07. The summed E-state index contributed by atoms with van der Waals surface area (Å²) in [6.45, 7) is 3.19. The summed E-state index contributed by atoms with van der Waals surface area (Å²) in [5.41, 5.74) is 0.952. The smallest absolute Gasteiger partial charge is 0.273 e. The van der Waals surface area contributed by atoms with Gasteiger partial charge < -0.3 is 4.74 Å². The Bertz CT molecular complexity index is 399. The van der Waals surface area contributed by atoms with Crippen LogP contribution in [-0.4, -0.2) is 18.1 Å². The number of nitro benzene ring substituents is 1. The summed E-state index contributed by atoms with van der Waals surface area (Å²) in [4.78, 5) is 10.6. The van der Waals surface area contributed by atoms with E-state index in [0.717, 1.165) is 18.4 Å². The van der Waals surface area contributed by atoms with Crippen LogP contribution in [0.5, 0.6) is 0 Å². The molecule has 86 valence electrons. The summed E-state index contributed by atoms with van der Waals surface area (Å²) in [6.07, 6.45) is 1.97. The fourth-order valence-corrected chi connectivity index (χ4v) is 2.02. The van der Waals surface area contributed by atoms with Crippen LogP contribution in [0.4, 0.5) is 5.69 Å². The van der Waals surface area contributed by atoms with E-state index >= 15 is 0 Å². The molecule has 0 spiro atoms. The average molecular weight is 221 g/mol. The van der Waals surface area contributed by atoms with E-state index in [1.165, 1.54) is 0 Å². The molecule has 0 amide bonds. The summed E-state index contributed by atoms with van der Waals surface area (Å²) in [6, 6.07) is 6.98. The van der Waals surface area contributed by atoms with Crippen LogP contribution in [-0.2, 0) is 10.2 Å². The van der Waals surface area contributed by atoms with E-state index in [1.807, 2.05) is 19.1 Å². The highest BCUT2D eigenvalue weighted by molar-refractivity contribution is 5.48. The lowest BCUT2D eigenvalue weighted by molar-refractivity contribution is -0.385. The van der Waals surface area contributed by atoms with Crippen LogP contribution >= 0.6 is 0 Å². The maximum absolute atomic E-state index is 10.9. The van der Waals surface area contributed by atoms with Gasteiger partial charge in [0.1, 0.15) is 0 Å². The number of para-hydroxylation sites is 1. The number of hydrogen-bond acceptors (Lipinski definition) is 3. The number of hydrogen-bond donors (Lipinski definition) is 0. The van der Waals surface area contributed by atoms with Crippen molar-refractivity contribution in [1.29, 1.82) is 0 Å². The zero-order valence-electron chi connectivity index (χ0n) is 9.31. The minimum Gasteiger partial charge on any atom is -0.381 e. The summed E-state index contributed by atoms with van der Waals surface area (Å²) in [5.74, 6) is 0. The molecule has 4 heteroatoms. The first-order valence-corrected chi connectivity index (χ1v) is 5.51. The van der Waals surface area contributed by atoms with E-state index in [-0.39, 0.29) is 16.0 Å². The second-order valence-corrected chi connectivity index (χ2v) is 4.19. The molecule has 2 rings (SSSR count). The van der Waals surface area contributed by atoms with Gasteiger partial charge in [0.25, 0.3) is 5.69 Å². The van der Waals surface area contributed by atoms with Crippen LogP contribution in [0.1, 0.15) is 25.3 Å². The molecular weight excluding hydrogens is 206 g/mol. The lowest BCUT2D eigenvalue weighted by Crippen LogP contribution is -2.16. The molecule has 1 saturated carbocycles. The minimum absolute atomic E-state index is 0.0975. The van der Waals surface area contributed by atoms with Crippen LogP contribution in [0.3, 0.4) is 0 Å². The van der Waals surface area contributed by atoms with E-state index in [2.05, 4.69) is 0 Å². The van der Waals surface area contributed by atoms with Crippen molar-refractivity contribution < 1.29 is 9.66 Å². The Labute approximate surface area is 94.4 Å². The normalized spacial score (nSPS) is 17.1. The van der Waals surface area contributed by atoms with Gasteiger partial charge in [-0.25, -0.2) is 0 Å². The molecule has 0 N–H and O–H groups in total. The Morgan fingerprint density at radius 2 is 2.12 bits per heavy atom. The predicted octanol–water partition coefficient (Wildman–Crippen LogP) is 2.66. The molecule has 1 aliphatic carbocycles. The summed E-state index contributed by atoms with van der Waals surface area (Å²) in [7, 11) is 0. The van der Waals surface area contributed by atoms with Crippen LogP contribution in [0.25, 0.3) is 0 Å². The fourth-order valence-electron chi connectivity index (χ4n) is 2.02. The molecule has 0 aromatic heterocycles. The Balaban J connectivity index is 2.29. The molecule has 0 aliphatic heterocycles. The Morgan fingerprint density at radius 1 is 1.44 bits per heavy atom. The van der Waals surface area contributed by atoms with Crippen LogP contribution in [0.2, 0.25) is 0 Å². The maximum Gasteiger partial charge on any atom is 0.273 e. The largest absolute Gasteiger partial charge is 0.381 e. The third-order valence-electron chi connectivity index (χ3n) is 3.11. The highest BCUT2D eigenvalue weighted by Gasteiger charge is 2.48. The predicted molar refractivity (Wildman–Crippen MR) is 60.5 cm³/mol. The third kappa shape index (κ3) is 1.93. The summed E-state index contributed by atoms with van der Waals surface area (Å²) < 4.78 is 5.43. The monoisotopic (exact) mass is 221 g/mol. The van der Waals surface area contributed by atoms with Gasteiger partial charge in [0.15, 0.2) is 0 Å². The van der Waals surface area contributed by atoms with Crippen LogP contribution in [0.15, 0.2) is 24.3 Å².